The summed E-state index contributed by atoms with van der Waals surface area (Å²) in [5.74, 6) is 0. The Balaban J connectivity index is 0.000000100. The standard InChI is InChI=1S/5C15H12/c1-11-10-12-6-2-3-8-14(12)15-9-5-4-7-13(11)15;1-11-5-4-8-14-9-12-6-2-3-7-13(12)10-15(11)14;1-11-6-9-15-13(10-11)8-7-12-4-2-3-5-14(12)15;1-11-6-7-14-9-12-4-2-3-5-13(12)10-15(14)8-11;1-11-6-7-13-9-8-12-4-2-3-5-14(12)15(13)10-11/h5*2-10H,1H3. The van der Waals surface area contributed by atoms with Crippen LogP contribution in [0.5, 0.6) is 0 Å². The predicted octanol–water partition coefficient (Wildman–Crippen LogP) is 21.5. The van der Waals surface area contributed by atoms with E-state index in [0.29, 0.717) is 0 Å². The highest BCUT2D eigenvalue weighted by molar-refractivity contribution is 6.10. The Morgan fingerprint density at radius 1 is 0.147 bits per heavy atom. The molecule has 0 aliphatic carbocycles. The fourth-order valence-electron chi connectivity index (χ4n) is 10.7. The molecule has 15 aromatic rings. The van der Waals surface area contributed by atoms with Crippen molar-refractivity contribution in [3.05, 3.63) is 301 Å². The first-order valence-electron chi connectivity index (χ1n) is 26.1. The molecule has 15 aromatic carbocycles. The Hall–Kier alpha value is -9.10. The van der Waals surface area contributed by atoms with Crippen LogP contribution < -0.4 is 0 Å². The lowest BCUT2D eigenvalue weighted by Gasteiger charge is -2.06. The molecule has 0 spiro atoms. The van der Waals surface area contributed by atoms with Gasteiger partial charge >= 0.3 is 0 Å². The summed E-state index contributed by atoms with van der Waals surface area (Å²) < 4.78 is 0. The van der Waals surface area contributed by atoms with Crippen LogP contribution in [0.15, 0.2) is 273 Å². The topological polar surface area (TPSA) is 0 Å². The molecule has 0 fully saturated rings. The van der Waals surface area contributed by atoms with Crippen molar-refractivity contribution < 1.29 is 0 Å². The van der Waals surface area contributed by atoms with Crippen molar-refractivity contribution in [1.29, 1.82) is 0 Å². The molecule has 0 nitrogen and oxygen atoms in total. The number of aryl methyl sites for hydroxylation is 5. The van der Waals surface area contributed by atoms with Gasteiger partial charge in [0.15, 0.2) is 0 Å². The Bertz CT molecular complexity index is 4480. The summed E-state index contributed by atoms with van der Waals surface area (Å²) in [6, 6.07) is 97.6. The highest BCUT2D eigenvalue weighted by Gasteiger charge is 2.04. The number of fused-ring (bicyclic) bond motifs is 13. The van der Waals surface area contributed by atoms with Gasteiger partial charge in [0.1, 0.15) is 0 Å². The number of benzene rings is 15. The van der Waals surface area contributed by atoms with E-state index in [9.17, 15) is 0 Å². The fourth-order valence-corrected chi connectivity index (χ4v) is 10.7. The van der Waals surface area contributed by atoms with Crippen LogP contribution in [-0.4, -0.2) is 0 Å². The van der Waals surface area contributed by atoms with Crippen molar-refractivity contribution in [3.63, 3.8) is 0 Å². The maximum Gasteiger partial charge on any atom is -0.0103 e. The third kappa shape index (κ3) is 10.6. The van der Waals surface area contributed by atoms with Crippen molar-refractivity contribution in [1.82, 2.24) is 0 Å². The molecule has 0 N–H and O–H groups in total. The van der Waals surface area contributed by atoms with Gasteiger partial charge in [0.25, 0.3) is 0 Å². The van der Waals surface area contributed by atoms with Crippen LogP contribution >= 0.6 is 0 Å². The van der Waals surface area contributed by atoms with Gasteiger partial charge in [0.2, 0.25) is 0 Å². The molecular formula is C75H60. The summed E-state index contributed by atoms with van der Waals surface area (Å²) in [5.41, 5.74) is 6.65. The molecule has 0 saturated carbocycles. The lowest BCUT2D eigenvalue weighted by atomic mass is 9.98. The van der Waals surface area contributed by atoms with E-state index in [-0.39, 0.29) is 0 Å². The minimum atomic E-state index is 1.31. The number of hydrogen-bond donors (Lipinski definition) is 0. The van der Waals surface area contributed by atoms with Crippen molar-refractivity contribution in [2.75, 3.05) is 0 Å². The third-order valence-corrected chi connectivity index (χ3v) is 14.6. The Labute approximate surface area is 440 Å². The summed E-state index contributed by atoms with van der Waals surface area (Å²) in [7, 11) is 0. The molecular weight excluding hydrogens is 901 g/mol. The van der Waals surface area contributed by atoms with Crippen LogP contribution in [0.2, 0.25) is 0 Å². The normalized spacial score (nSPS) is 11.0. The quantitative estimate of drug-likeness (QED) is 0.105. The van der Waals surface area contributed by atoms with Crippen molar-refractivity contribution in [2.24, 2.45) is 0 Å². The predicted molar refractivity (Wildman–Crippen MR) is 331 cm³/mol. The zero-order valence-corrected chi connectivity index (χ0v) is 43.5. The molecule has 360 valence electrons. The van der Waals surface area contributed by atoms with Gasteiger partial charge < -0.3 is 0 Å². The van der Waals surface area contributed by atoms with Crippen LogP contribution in [-0.2, 0) is 0 Å². The second kappa shape index (κ2) is 21.5. The van der Waals surface area contributed by atoms with Crippen molar-refractivity contribution >= 4 is 108 Å². The lowest BCUT2D eigenvalue weighted by Crippen LogP contribution is -1.81. The maximum absolute atomic E-state index is 2.28. The van der Waals surface area contributed by atoms with Gasteiger partial charge in [-0.15, -0.1) is 0 Å². The Morgan fingerprint density at radius 2 is 0.480 bits per heavy atom. The fraction of sp³-hybridized carbons (Fsp3) is 0.0667. The van der Waals surface area contributed by atoms with Gasteiger partial charge in [0.05, 0.1) is 0 Å². The summed E-state index contributed by atoms with van der Waals surface area (Å²) in [4.78, 5) is 0. The first-order valence-corrected chi connectivity index (χ1v) is 26.1. The van der Waals surface area contributed by atoms with Crippen molar-refractivity contribution in [3.8, 4) is 0 Å². The average Bonchev–Trinajstić information content (AvgIpc) is 3.45. The molecule has 0 amide bonds. The van der Waals surface area contributed by atoms with Gasteiger partial charge in [-0.2, -0.15) is 0 Å². The molecule has 0 aliphatic rings. The Kier molecular flexibility index (Phi) is 13.8. The molecule has 15 rings (SSSR count). The minimum Gasteiger partial charge on any atom is -0.0616 e. The Morgan fingerprint density at radius 3 is 1.11 bits per heavy atom. The van der Waals surface area contributed by atoms with E-state index in [1.807, 2.05) is 0 Å². The van der Waals surface area contributed by atoms with E-state index in [0.717, 1.165) is 0 Å². The molecule has 0 aliphatic heterocycles. The first kappa shape index (κ1) is 48.2. The van der Waals surface area contributed by atoms with E-state index in [2.05, 4.69) is 308 Å². The second-order valence-corrected chi connectivity index (χ2v) is 20.0. The number of rotatable bonds is 0. The van der Waals surface area contributed by atoms with Gasteiger partial charge in [-0.05, 0) is 178 Å². The van der Waals surface area contributed by atoms with Gasteiger partial charge in [-0.3, -0.25) is 0 Å². The van der Waals surface area contributed by atoms with Crippen LogP contribution in [0.3, 0.4) is 0 Å². The average molecular weight is 961 g/mol. The number of hydrogen-bond acceptors (Lipinski definition) is 0. The monoisotopic (exact) mass is 960 g/mol. The van der Waals surface area contributed by atoms with Gasteiger partial charge in [-0.1, -0.05) is 265 Å². The van der Waals surface area contributed by atoms with Crippen LogP contribution in [0.1, 0.15) is 27.8 Å². The smallest absolute Gasteiger partial charge is 0.0103 e. The van der Waals surface area contributed by atoms with Crippen LogP contribution in [0.4, 0.5) is 0 Å². The highest BCUT2D eigenvalue weighted by Crippen LogP contribution is 2.30. The molecule has 0 atom stereocenters. The summed E-state index contributed by atoms with van der Waals surface area (Å²) >= 11 is 0. The van der Waals surface area contributed by atoms with E-state index in [1.54, 1.807) is 0 Å². The first-order chi connectivity index (χ1) is 36.7. The molecule has 75 heavy (non-hydrogen) atoms. The lowest BCUT2D eigenvalue weighted by molar-refractivity contribution is 1.51. The summed E-state index contributed by atoms with van der Waals surface area (Å²) in [5, 5.41) is 26.6. The maximum atomic E-state index is 2.28. The third-order valence-electron chi connectivity index (χ3n) is 14.6. The minimum absolute atomic E-state index is 1.31. The zero-order valence-electron chi connectivity index (χ0n) is 43.5. The largest absolute Gasteiger partial charge is 0.0616 e. The summed E-state index contributed by atoms with van der Waals surface area (Å²) in [6.07, 6.45) is 0. The van der Waals surface area contributed by atoms with E-state index < -0.39 is 0 Å². The van der Waals surface area contributed by atoms with E-state index >= 15 is 0 Å². The van der Waals surface area contributed by atoms with Crippen LogP contribution in [0.25, 0.3) is 108 Å². The van der Waals surface area contributed by atoms with Crippen LogP contribution in [0, 0.1) is 34.6 Å². The summed E-state index contributed by atoms with van der Waals surface area (Å²) in [6.45, 7) is 10.7. The zero-order chi connectivity index (χ0) is 51.3. The molecule has 0 heterocycles. The highest BCUT2D eigenvalue weighted by atomic mass is 14.1. The molecule has 0 bridgehead atoms. The van der Waals surface area contributed by atoms with E-state index in [4.69, 9.17) is 0 Å². The molecule has 0 heteroatoms. The van der Waals surface area contributed by atoms with Gasteiger partial charge in [0, 0.05) is 0 Å². The molecule has 0 unspecified atom stereocenters. The van der Waals surface area contributed by atoms with Gasteiger partial charge in [-0.25, -0.2) is 0 Å². The SMILES string of the molecule is Cc1cc2ccccc2c2ccccc12.Cc1ccc2c(ccc3ccccc32)c1.Cc1ccc2cc3ccccc3cc2c1.Cc1ccc2ccc3ccccc3c2c1.Cc1cccc2cc3ccccc3cc12. The van der Waals surface area contributed by atoms with E-state index in [1.165, 1.54) is 136 Å². The molecule has 0 radical (unpaired) electrons. The molecule has 0 aromatic heterocycles. The van der Waals surface area contributed by atoms with Crippen molar-refractivity contribution in [2.45, 2.75) is 34.6 Å². The molecule has 0 saturated heterocycles. The second-order valence-electron chi connectivity index (χ2n) is 20.0.